The van der Waals surface area contributed by atoms with E-state index in [0.29, 0.717) is 5.28 Å². The van der Waals surface area contributed by atoms with Crippen LogP contribution in [0.1, 0.15) is 25.6 Å². The van der Waals surface area contributed by atoms with Crippen LogP contribution < -0.4 is 4.74 Å². The molecular formula is C12H14ClN3O. The summed E-state index contributed by atoms with van der Waals surface area (Å²) >= 11 is 6.07. The summed E-state index contributed by atoms with van der Waals surface area (Å²) in [6.45, 7) is 4.11. The number of halogens is 1. The lowest BCUT2D eigenvalue weighted by molar-refractivity contribution is 0.414. The standard InChI is InChI=1S/C12H14ClN3O/c1-8(2)11-14-15-12(13)16(11)9-5-4-6-10(7-9)17-3/h4-8H,1-3H3. The molecule has 1 aromatic heterocycles. The summed E-state index contributed by atoms with van der Waals surface area (Å²) in [5.74, 6) is 1.87. The molecule has 90 valence electrons. The normalized spacial score (nSPS) is 10.9. The molecule has 0 bridgehead atoms. The lowest BCUT2D eigenvalue weighted by Crippen LogP contribution is -2.03. The topological polar surface area (TPSA) is 39.9 Å². The van der Waals surface area contributed by atoms with E-state index < -0.39 is 0 Å². The fourth-order valence-electron chi connectivity index (χ4n) is 1.64. The highest BCUT2D eigenvalue weighted by Gasteiger charge is 2.15. The lowest BCUT2D eigenvalue weighted by Gasteiger charge is -2.10. The van der Waals surface area contributed by atoms with E-state index in [1.54, 1.807) is 7.11 Å². The molecule has 2 rings (SSSR count). The number of ether oxygens (including phenoxy) is 1. The monoisotopic (exact) mass is 251 g/mol. The van der Waals surface area contributed by atoms with Crippen molar-refractivity contribution in [1.82, 2.24) is 14.8 Å². The Morgan fingerprint density at radius 2 is 2.06 bits per heavy atom. The van der Waals surface area contributed by atoms with E-state index in [-0.39, 0.29) is 5.92 Å². The molecule has 0 saturated carbocycles. The zero-order valence-electron chi connectivity index (χ0n) is 10.0. The molecule has 0 N–H and O–H groups in total. The summed E-state index contributed by atoms with van der Waals surface area (Å²) in [5, 5.41) is 8.36. The van der Waals surface area contributed by atoms with Gasteiger partial charge in [0, 0.05) is 12.0 Å². The minimum absolute atomic E-state index is 0.251. The summed E-state index contributed by atoms with van der Waals surface area (Å²) < 4.78 is 7.02. The van der Waals surface area contributed by atoms with Crippen molar-refractivity contribution in [3.05, 3.63) is 35.4 Å². The van der Waals surface area contributed by atoms with Gasteiger partial charge in [-0.1, -0.05) is 19.9 Å². The second-order valence-electron chi connectivity index (χ2n) is 4.02. The second-order valence-corrected chi connectivity index (χ2v) is 4.36. The fraction of sp³-hybridized carbons (Fsp3) is 0.333. The van der Waals surface area contributed by atoms with Gasteiger partial charge in [-0.25, -0.2) is 0 Å². The molecule has 0 saturated heterocycles. The number of nitrogens with zero attached hydrogens (tertiary/aromatic N) is 3. The molecule has 0 fully saturated rings. The minimum atomic E-state index is 0.251. The van der Waals surface area contributed by atoms with Crippen molar-refractivity contribution in [3.8, 4) is 11.4 Å². The molecule has 0 aliphatic carbocycles. The highest BCUT2D eigenvalue weighted by atomic mass is 35.5. The fourth-order valence-corrected chi connectivity index (χ4v) is 1.86. The molecule has 5 heteroatoms. The van der Waals surface area contributed by atoms with E-state index in [2.05, 4.69) is 24.0 Å². The number of hydrogen-bond acceptors (Lipinski definition) is 3. The Morgan fingerprint density at radius 1 is 1.29 bits per heavy atom. The molecule has 0 aliphatic rings. The first-order valence-corrected chi connectivity index (χ1v) is 5.76. The van der Waals surface area contributed by atoms with E-state index >= 15 is 0 Å². The molecule has 0 amide bonds. The van der Waals surface area contributed by atoms with Gasteiger partial charge in [0.2, 0.25) is 5.28 Å². The molecule has 2 aromatic rings. The van der Waals surface area contributed by atoms with Gasteiger partial charge < -0.3 is 4.74 Å². The highest BCUT2D eigenvalue weighted by Crippen LogP contribution is 2.24. The first-order chi connectivity index (χ1) is 8.13. The van der Waals surface area contributed by atoms with E-state index in [1.807, 2.05) is 28.8 Å². The van der Waals surface area contributed by atoms with Gasteiger partial charge in [-0.2, -0.15) is 0 Å². The predicted molar refractivity (Wildman–Crippen MR) is 67.0 cm³/mol. The van der Waals surface area contributed by atoms with Crippen molar-refractivity contribution in [3.63, 3.8) is 0 Å². The predicted octanol–water partition coefficient (Wildman–Crippen LogP) is 3.05. The molecule has 0 radical (unpaired) electrons. The van der Waals surface area contributed by atoms with Crippen molar-refractivity contribution in [1.29, 1.82) is 0 Å². The third-order valence-corrected chi connectivity index (χ3v) is 2.72. The molecule has 0 aliphatic heterocycles. The van der Waals surface area contributed by atoms with Crippen LogP contribution in [0, 0.1) is 0 Å². The zero-order chi connectivity index (χ0) is 12.4. The molecule has 1 aromatic carbocycles. The van der Waals surface area contributed by atoms with Gasteiger partial charge in [0.1, 0.15) is 11.6 Å². The maximum atomic E-state index is 6.07. The van der Waals surface area contributed by atoms with E-state index in [0.717, 1.165) is 17.3 Å². The Morgan fingerprint density at radius 3 is 2.71 bits per heavy atom. The largest absolute Gasteiger partial charge is 0.497 e. The van der Waals surface area contributed by atoms with Crippen molar-refractivity contribution < 1.29 is 4.74 Å². The van der Waals surface area contributed by atoms with E-state index in [9.17, 15) is 0 Å². The van der Waals surface area contributed by atoms with Gasteiger partial charge in [0.25, 0.3) is 0 Å². The van der Waals surface area contributed by atoms with Gasteiger partial charge in [-0.15, -0.1) is 10.2 Å². The van der Waals surface area contributed by atoms with Crippen LogP contribution >= 0.6 is 11.6 Å². The van der Waals surface area contributed by atoms with Crippen molar-refractivity contribution >= 4 is 11.6 Å². The number of benzene rings is 1. The summed E-state index contributed by atoms with van der Waals surface area (Å²) in [6, 6.07) is 7.65. The Balaban J connectivity index is 2.55. The SMILES string of the molecule is COc1cccc(-n2c(Cl)nnc2C(C)C)c1. The molecule has 0 spiro atoms. The van der Waals surface area contributed by atoms with Gasteiger partial charge >= 0.3 is 0 Å². The molecule has 0 atom stereocenters. The Kier molecular flexibility index (Phi) is 3.33. The Labute approximate surface area is 105 Å². The number of hydrogen-bond donors (Lipinski definition) is 0. The van der Waals surface area contributed by atoms with Crippen LogP contribution in [0.5, 0.6) is 5.75 Å². The van der Waals surface area contributed by atoms with Crippen molar-refractivity contribution in [2.24, 2.45) is 0 Å². The molecule has 17 heavy (non-hydrogen) atoms. The minimum Gasteiger partial charge on any atom is -0.497 e. The van der Waals surface area contributed by atoms with E-state index in [4.69, 9.17) is 16.3 Å². The maximum Gasteiger partial charge on any atom is 0.229 e. The smallest absolute Gasteiger partial charge is 0.229 e. The van der Waals surface area contributed by atoms with Gasteiger partial charge in [-0.3, -0.25) is 4.57 Å². The maximum absolute atomic E-state index is 6.07. The van der Waals surface area contributed by atoms with Crippen LogP contribution in [0.25, 0.3) is 5.69 Å². The first kappa shape index (κ1) is 11.9. The van der Waals surface area contributed by atoms with Crippen LogP contribution in [0.4, 0.5) is 0 Å². The molecule has 0 unspecified atom stereocenters. The Bertz CT molecular complexity index is 522. The van der Waals surface area contributed by atoms with Crippen LogP contribution in [0.3, 0.4) is 0 Å². The molecule has 4 nitrogen and oxygen atoms in total. The summed E-state index contributed by atoms with van der Waals surface area (Å²) in [5.41, 5.74) is 0.906. The van der Waals surface area contributed by atoms with Gasteiger partial charge in [0.05, 0.1) is 12.8 Å². The molecular weight excluding hydrogens is 238 g/mol. The van der Waals surface area contributed by atoms with Crippen LogP contribution in [0.2, 0.25) is 5.28 Å². The van der Waals surface area contributed by atoms with E-state index in [1.165, 1.54) is 0 Å². The average Bonchev–Trinajstić information content (AvgIpc) is 2.71. The third kappa shape index (κ3) is 2.26. The van der Waals surface area contributed by atoms with Gasteiger partial charge in [0.15, 0.2) is 0 Å². The average molecular weight is 252 g/mol. The van der Waals surface area contributed by atoms with Gasteiger partial charge in [-0.05, 0) is 23.7 Å². The lowest BCUT2D eigenvalue weighted by atomic mass is 10.2. The van der Waals surface area contributed by atoms with Crippen LogP contribution in [0.15, 0.2) is 24.3 Å². The first-order valence-electron chi connectivity index (χ1n) is 5.38. The van der Waals surface area contributed by atoms with Crippen LogP contribution in [-0.2, 0) is 0 Å². The third-order valence-electron chi connectivity index (χ3n) is 2.48. The van der Waals surface area contributed by atoms with Crippen molar-refractivity contribution in [2.45, 2.75) is 19.8 Å². The summed E-state index contributed by atoms with van der Waals surface area (Å²) in [6.07, 6.45) is 0. The number of aromatic nitrogens is 3. The second kappa shape index (κ2) is 4.75. The highest BCUT2D eigenvalue weighted by molar-refractivity contribution is 6.28. The summed E-state index contributed by atoms with van der Waals surface area (Å²) in [4.78, 5) is 0. The zero-order valence-corrected chi connectivity index (χ0v) is 10.8. The quantitative estimate of drug-likeness (QED) is 0.842. The number of methoxy groups -OCH3 is 1. The number of rotatable bonds is 3. The van der Waals surface area contributed by atoms with Crippen LogP contribution in [-0.4, -0.2) is 21.9 Å². The summed E-state index contributed by atoms with van der Waals surface area (Å²) in [7, 11) is 1.64. The molecule has 1 heterocycles. The van der Waals surface area contributed by atoms with Crippen molar-refractivity contribution in [2.75, 3.05) is 7.11 Å². The Hall–Kier alpha value is -1.55.